The van der Waals surface area contributed by atoms with Gasteiger partial charge in [-0.05, 0) is 51.9 Å². The lowest BCUT2D eigenvalue weighted by molar-refractivity contribution is -0.138. The van der Waals surface area contributed by atoms with E-state index in [0.717, 1.165) is 50.4 Å². The van der Waals surface area contributed by atoms with Crippen molar-refractivity contribution in [2.75, 3.05) is 46.3 Å². The van der Waals surface area contributed by atoms with Crippen LogP contribution in [0.1, 0.15) is 34.6 Å². The van der Waals surface area contributed by atoms with Crippen LogP contribution in [-0.2, 0) is 4.79 Å². The number of likely N-dealkylation sites (tertiary alicyclic amines) is 1. The van der Waals surface area contributed by atoms with Gasteiger partial charge in [0.1, 0.15) is 0 Å². The highest BCUT2D eigenvalue weighted by Crippen LogP contribution is 2.22. The number of likely N-dealkylation sites (N-methyl/N-ethyl adjacent to an activating group) is 1. The van der Waals surface area contributed by atoms with Crippen molar-refractivity contribution in [3.63, 3.8) is 0 Å². The number of pyridine rings is 1. The molecular weight excluding hydrogens is 380 g/mol. The number of nitrogens with zero attached hydrogens (tertiary/aromatic N) is 6. The molecule has 0 aliphatic carbocycles. The molecule has 4 heterocycles. The van der Waals surface area contributed by atoms with Gasteiger partial charge in [0.05, 0.1) is 11.3 Å². The molecule has 2 aliphatic rings. The fourth-order valence-corrected chi connectivity index (χ4v) is 4.30. The van der Waals surface area contributed by atoms with Gasteiger partial charge in [-0.3, -0.25) is 9.59 Å². The summed E-state index contributed by atoms with van der Waals surface area (Å²) in [7, 11) is 2.09. The normalized spacial score (nSPS) is 18.6. The van der Waals surface area contributed by atoms with Gasteiger partial charge in [-0.1, -0.05) is 0 Å². The summed E-state index contributed by atoms with van der Waals surface area (Å²) in [6.07, 6.45) is 3.08. The monoisotopic (exact) mass is 410 g/mol. The van der Waals surface area contributed by atoms with Crippen molar-refractivity contribution in [2.24, 2.45) is 5.92 Å². The van der Waals surface area contributed by atoms with Gasteiger partial charge >= 0.3 is 0 Å². The maximum absolute atomic E-state index is 12.9. The SMILES string of the molecule is Cc1cc(C)n(-c2ccc(C(=O)N3CCC(C(=O)N4CCN(C)CC4)CC3)cn2)n1. The largest absolute Gasteiger partial charge is 0.340 e. The second-order valence-electron chi connectivity index (χ2n) is 8.44. The number of aryl methyl sites for hydroxylation is 2. The van der Waals surface area contributed by atoms with Gasteiger partial charge in [0.2, 0.25) is 5.91 Å². The van der Waals surface area contributed by atoms with E-state index in [1.165, 1.54) is 0 Å². The number of hydrogen-bond acceptors (Lipinski definition) is 5. The summed E-state index contributed by atoms with van der Waals surface area (Å²) >= 11 is 0. The Balaban J connectivity index is 1.34. The number of rotatable bonds is 3. The van der Waals surface area contributed by atoms with Crippen LogP contribution in [0, 0.1) is 19.8 Å². The molecular formula is C22H30N6O2. The van der Waals surface area contributed by atoms with E-state index >= 15 is 0 Å². The Hall–Kier alpha value is -2.74. The van der Waals surface area contributed by atoms with E-state index in [2.05, 4.69) is 22.0 Å². The number of aromatic nitrogens is 3. The highest BCUT2D eigenvalue weighted by atomic mass is 16.2. The molecule has 4 rings (SSSR count). The first kappa shape index (κ1) is 20.5. The molecule has 0 bridgehead atoms. The van der Waals surface area contributed by atoms with Crippen molar-refractivity contribution < 1.29 is 9.59 Å². The Morgan fingerprint density at radius 1 is 0.967 bits per heavy atom. The number of amides is 2. The van der Waals surface area contributed by atoms with Crippen molar-refractivity contribution in [1.29, 1.82) is 0 Å². The summed E-state index contributed by atoms with van der Waals surface area (Å²) in [6.45, 7) is 8.63. The molecule has 160 valence electrons. The lowest BCUT2D eigenvalue weighted by Crippen LogP contribution is -2.51. The quantitative estimate of drug-likeness (QED) is 0.767. The van der Waals surface area contributed by atoms with Crippen LogP contribution >= 0.6 is 0 Å². The minimum Gasteiger partial charge on any atom is -0.340 e. The Morgan fingerprint density at radius 3 is 2.23 bits per heavy atom. The molecule has 0 saturated carbocycles. The fraction of sp³-hybridized carbons (Fsp3) is 0.545. The fourth-order valence-electron chi connectivity index (χ4n) is 4.30. The summed E-state index contributed by atoms with van der Waals surface area (Å²) in [4.78, 5) is 36.2. The van der Waals surface area contributed by atoms with E-state index in [1.807, 2.05) is 41.8 Å². The number of carbonyl (C=O) groups excluding carboxylic acids is 2. The van der Waals surface area contributed by atoms with Gasteiger partial charge in [0.15, 0.2) is 5.82 Å². The first-order chi connectivity index (χ1) is 14.4. The number of piperidine rings is 1. The molecule has 0 radical (unpaired) electrons. The van der Waals surface area contributed by atoms with Crippen LogP contribution < -0.4 is 0 Å². The van der Waals surface area contributed by atoms with E-state index in [1.54, 1.807) is 10.9 Å². The average Bonchev–Trinajstić information content (AvgIpc) is 3.11. The molecule has 2 fully saturated rings. The summed E-state index contributed by atoms with van der Waals surface area (Å²) in [5, 5.41) is 4.43. The molecule has 0 spiro atoms. The molecule has 0 unspecified atom stereocenters. The molecule has 2 saturated heterocycles. The van der Waals surface area contributed by atoms with E-state index in [0.29, 0.717) is 24.5 Å². The number of hydrogen-bond donors (Lipinski definition) is 0. The van der Waals surface area contributed by atoms with Crippen molar-refractivity contribution in [3.8, 4) is 5.82 Å². The second-order valence-corrected chi connectivity index (χ2v) is 8.44. The highest BCUT2D eigenvalue weighted by molar-refractivity contribution is 5.94. The van der Waals surface area contributed by atoms with Gasteiger partial charge < -0.3 is 14.7 Å². The molecule has 8 heteroatoms. The first-order valence-electron chi connectivity index (χ1n) is 10.7. The van der Waals surface area contributed by atoms with E-state index in [9.17, 15) is 9.59 Å². The van der Waals surface area contributed by atoms with Crippen LogP contribution in [0.3, 0.4) is 0 Å². The van der Waals surface area contributed by atoms with Crippen LogP contribution in [0.5, 0.6) is 0 Å². The Kier molecular flexibility index (Phi) is 5.85. The Labute approximate surface area is 177 Å². The lowest BCUT2D eigenvalue weighted by Gasteiger charge is -2.37. The van der Waals surface area contributed by atoms with Crippen LogP contribution in [0.25, 0.3) is 5.82 Å². The topological polar surface area (TPSA) is 74.6 Å². The maximum Gasteiger partial charge on any atom is 0.255 e. The summed E-state index contributed by atoms with van der Waals surface area (Å²) < 4.78 is 1.78. The third-order valence-corrected chi connectivity index (χ3v) is 6.17. The zero-order valence-electron chi connectivity index (χ0n) is 18.0. The van der Waals surface area contributed by atoms with Crippen LogP contribution in [0.2, 0.25) is 0 Å². The Morgan fingerprint density at radius 2 is 1.67 bits per heavy atom. The zero-order valence-corrected chi connectivity index (χ0v) is 18.0. The third kappa shape index (κ3) is 4.23. The molecule has 0 atom stereocenters. The van der Waals surface area contributed by atoms with E-state index in [4.69, 9.17) is 0 Å². The van der Waals surface area contributed by atoms with Gasteiger partial charge in [0.25, 0.3) is 5.91 Å². The molecule has 2 aromatic rings. The predicted molar refractivity (Wildman–Crippen MR) is 114 cm³/mol. The predicted octanol–water partition coefficient (Wildman–Crippen LogP) is 1.51. The van der Waals surface area contributed by atoms with Crippen molar-refractivity contribution in [3.05, 3.63) is 41.3 Å². The summed E-state index contributed by atoms with van der Waals surface area (Å²) in [5.74, 6) is 0.969. The standard InChI is InChI=1S/C22H30N6O2/c1-16-14-17(2)28(24-16)20-5-4-19(15-23-20)22(30)26-8-6-18(7-9-26)21(29)27-12-10-25(3)11-13-27/h4-5,14-15,18H,6-13H2,1-3H3. The molecule has 2 aromatic heterocycles. The highest BCUT2D eigenvalue weighted by Gasteiger charge is 2.31. The molecule has 0 N–H and O–H groups in total. The van der Waals surface area contributed by atoms with Gasteiger partial charge in [-0.2, -0.15) is 5.10 Å². The molecule has 30 heavy (non-hydrogen) atoms. The summed E-state index contributed by atoms with van der Waals surface area (Å²) in [5.41, 5.74) is 2.51. The van der Waals surface area contributed by atoms with Crippen LogP contribution in [0.4, 0.5) is 0 Å². The molecule has 2 aliphatic heterocycles. The lowest BCUT2D eigenvalue weighted by atomic mass is 9.94. The summed E-state index contributed by atoms with van der Waals surface area (Å²) in [6, 6.07) is 5.63. The Bertz CT molecular complexity index is 906. The van der Waals surface area contributed by atoms with Gasteiger partial charge in [-0.15, -0.1) is 0 Å². The molecule has 8 nitrogen and oxygen atoms in total. The number of piperazine rings is 1. The smallest absolute Gasteiger partial charge is 0.255 e. The van der Waals surface area contributed by atoms with Crippen molar-refractivity contribution >= 4 is 11.8 Å². The van der Waals surface area contributed by atoms with Crippen LogP contribution in [0.15, 0.2) is 24.4 Å². The second kappa shape index (κ2) is 8.55. The number of carbonyl (C=O) groups is 2. The van der Waals surface area contributed by atoms with Gasteiger partial charge in [0, 0.05) is 57.1 Å². The van der Waals surface area contributed by atoms with Gasteiger partial charge in [-0.25, -0.2) is 9.67 Å². The molecule has 2 amide bonds. The third-order valence-electron chi connectivity index (χ3n) is 6.17. The van der Waals surface area contributed by atoms with Crippen molar-refractivity contribution in [1.82, 2.24) is 29.5 Å². The molecule has 0 aromatic carbocycles. The minimum atomic E-state index is -0.0204. The zero-order chi connectivity index (χ0) is 21.3. The van der Waals surface area contributed by atoms with E-state index < -0.39 is 0 Å². The van der Waals surface area contributed by atoms with Crippen LogP contribution in [-0.4, -0.2) is 87.6 Å². The van der Waals surface area contributed by atoms with Crippen molar-refractivity contribution in [2.45, 2.75) is 26.7 Å². The maximum atomic E-state index is 12.9. The van der Waals surface area contributed by atoms with E-state index in [-0.39, 0.29) is 17.7 Å². The minimum absolute atomic E-state index is 0.0204. The first-order valence-corrected chi connectivity index (χ1v) is 10.7. The average molecular weight is 411 g/mol.